The van der Waals surface area contributed by atoms with E-state index in [1.54, 1.807) is 12.1 Å². The lowest BCUT2D eigenvalue weighted by Crippen LogP contribution is -2.27. The van der Waals surface area contributed by atoms with Crippen LogP contribution in [-0.2, 0) is 10.2 Å². The van der Waals surface area contributed by atoms with E-state index in [1.807, 2.05) is 12.1 Å². The number of nitrogens with one attached hydrogen (secondary N) is 1. The molecular formula is C16H13ClN2O3. The Kier molecular flexibility index (Phi) is 3.58. The second kappa shape index (κ2) is 5.42. The van der Waals surface area contributed by atoms with Crippen molar-refractivity contribution in [3.8, 4) is 0 Å². The van der Waals surface area contributed by atoms with Crippen LogP contribution in [0.25, 0.3) is 0 Å². The van der Waals surface area contributed by atoms with Crippen molar-refractivity contribution in [2.45, 2.75) is 18.3 Å². The smallest absolute Gasteiger partial charge is 0.269 e. The molecule has 1 saturated carbocycles. The maximum atomic E-state index is 12.5. The van der Waals surface area contributed by atoms with E-state index in [4.69, 9.17) is 11.6 Å². The molecule has 0 aromatic heterocycles. The number of carbonyl (C=O) groups is 1. The molecule has 0 bridgehead atoms. The summed E-state index contributed by atoms with van der Waals surface area (Å²) in [4.78, 5) is 22.7. The first kappa shape index (κ1) is 14.5. The predicted molar refractivity (Wildman–Crippen MR) is 84.1 cm³/mol. The lowest BCUT2D eigenvalue weighted by molar-refractivity contribution is -0.384. The van der Waals surface area contributed by atoms with Gasteiger partial charge in [-0.05, 0) is 42.7 Å². The number of nitro benzene ring substituents is 1. The third-order valence-electron chi connectivity index (χ3n) is 3.92. The Labute approximate surface area is 132 Å². The number of carbonyl (C=O) groups excluding carboxylic acids is 1. The Morgan fingerprint density at radius 3 is 2.18 bits per heavy atom. The van der Waals surface area contributed by atoms with Gasteiger partial charge in [-0.15, -0.1) is 0 Å². The van der Waals surface area contributed by atoms with Gasteiger partial charge < -0.3 is 5.32 Å². The molecule has 3 rings (SSSR count). The van der Waals surface area contributed by atoms with Crippen LogP contribution < -0.4 is 5.32 Å². The minimum Gasteiger partial charge on any atom is -0.325 e. The van der Waals surface area contributed by atoms with Gasteiger partial charge in [-0.3, -0.25) is 14.9 Å². The van der Waals surface area contributed by atoms with Gasteiger partial charge in [0.15, 0.2) is 0 Å². The number of hydrogen-bond acceptors (Lipinski definition) is 3. The zero-order valence-corrected chi connectivity index (χ0v) is 12.3. The average Bonchev–Trinajstić information content (AvgIpc) is 3.30. The minimum absolute atomic E-state index is 0.00293. The largest absolute Gasteiger partial charge is 0.325 e. The van der Waals surface area contributed by atoms with Gasteiger partial charge in [-0.25, -0.2) is 0 Å². The molecule has 2 aromatic carbocycles. The Morgan fingerprint density at radius 2 is 1.68 bits per heavy atom. The highest BCUT2D eigenvalue weighted by Gasteiger charge is 2.51. The maximum absolute atomic E-state index is 12.5. The summed E-state index contributed by atoms with van der Waals surface area (Å²) in [5, 5.41) is 14.1. The summed E-state index contributed by atoms with van der Waals surface area (Å²) in [6, 6.07) is 13.1. The lowest BCUT2D eigenvalue weighted by atomic mass is 9.95. The SMILES string of the molecule is O=C(Nc1ccc([N+](=O)[O-])cc1)C1(c2ccc(Cl)cc2)CC1. The average molecular weight is 317 g/mol. The Bertz CT molecular complexity index is 722. The number of halogens is 1. The van der Waals surface area contributed by atoms with Gasteiger partial charge in [0, 0.05) is 22.8 Å². The normalized spacial score (nSPS) is 15.1. The van der Waals surface area contributed by atoms with Crippen LogP contribution >= 0.6 is 11.6 Å². The third-order valence-corrected chi connectivity index (χ3v) is 4.17. The molecule has 0 heterocycles. The predicted octanol–water partition coefficient (Wildman–Crippen LogP) is 3.92. The first-order valence-corrected chi connectivity index (χ1v) is 7.21. The van der Waals surface area contributed by atoms with Crippen molar-refractivity contribution in [3.05, 3.63) is 69.2 Å². The third kappa shape index (κ3) is 2.67. The highest BCUT2D eigenvalue weighted by Crippen LogP contribution is 2.49. The molecule has 0 aliphatic heterocycles. The van der Waals surface area contributed by atoms with Crippen molar-refractivity contribution < 1.29 is 9.72 Å². The number of nitro groups is 1. The van der Waals surface area contributed by atoms with Crippen LogP contribution in [0.4, 0.5) is 11.4 Å². The molecule has 1 amide bonds. The molecule has 0 spiro atoms. The van der Waals surface area contributed by atoms with Gasteiger partial charge in [0.2, 0.25) is 5.91 Å². The fourth-order valence-corrected chi connectivity index (χ4v) is 2.58. The van der Waals surface area contributed by atoms with Gasteiger partial charge in [0.25, 0.3) is 5.69 Å². The van der Waals surface area contributed by atoms with Crippen LogP contribution in [0.2, 0.25) is 5.02 Å². The highest BCUT2D eigenvalue weighted by molar-refractivity contribution is 6.30. The second-order valence-corrected chi connectivity index (χ2v) is 5.78. The summed E-state index contributed by atoms with van der Waals surface area (Å²) in [5.41, 5.74) is 0.982. The summed E-state index contributed by atoms with van der Waals surface area (Å²) >= 11 is 5.88. The molecule has 1 aliphatic rings. The molecule has 0 radical (unpaired) electrons. The lowest BCUT2D eigenvalue weighted by Gasteiger charge is -2.16. The van der Waals surface area contributed by atoms with Gasteiger partial charge >= 0.3 is 0 Å². The van der Waals surface area contributed by atoms with E-state index in [0.717, 1.165) is 18.4 Å². The summed E-state index contributed by atoms with van der Waals surface area (Å²) < 4.78 is 0. The standard InChI is InChI=1S/C16H13ClN2O3/c17-12-3-1-11(2-4-12)16(9-10-16)15(20)18-13-5-7-14(8-6-13)19(21)22/h1-8H,9-10H2,(H,18,20). The number of benzene rings is 2. The van der Waals surface area contributed by atoms with Crippen molar-refractivity contribution in [3.63, 3.8) is 0 Å². The minimum atomic E-state index is -0.508. The Balaban J connectivity index is 1.76. The molecule has 0 unspecified atom stereocenters. The molecule has 1 N–H and O–H groups in total. The van der Waals surface area contributed by atoms with Crippen molar-refractivity contribution in [1.82, 2.24) is 0 Å². The van der Waals surface area contributed by atoms with Crippen LogP contribution in [-0.4, -0.2) is 10.8 Å². The second-order valence-electron chi connectivity index (χ2n) is 5.35. The fourth-order valence-electron chi connectivity index (χ4n) is 2.46. The number of amides is 1. The summed E-state index contributed by atoms with van der Waals surface area (Å²) in [7, 11) is 0. The van der Waals surface area contributed by atoms with E-state index >= 15 is 0 Å². The van der Waals surface area contributed by atoms with Crippen LogP contribution in [0.3, 0.4) is 0 Å². The van der Waals surface area contributed by atoms with E-state index in [1.165, 1.54) is 24.3 Å². The number of rotatable bonds is 4. The first-order valence-electron chi connectivity index (χ1n) is 6.83. The molecule has 6 heteroatoms. The Morgan fingerprint density at radius 1 is 1.09 bits per heavy atom. The van der Waals surface area contributed by atoms with Crippen molar-refractivity contribution in [1.29, 1.82) is 0 Å². The highest BCUT2D eigenvalue weighted by atomic mass is 35.5. The molecule has 5 nitrogen and oxygen atoms in total. The molecule has 0 atom stereocenters. The summed E-state index contributed by atoms with van der Waals surface area (Å²) in [6.45, 7) is 0. The van der Waals surface area contributed by atoms with Gasteiger partial charge in [0.05, 0.1) is 10.3 Å². The molecule has 2 aromatic rings. The van der Waals surface area contributed by atoms with E-state index in [2.05, 4.69) is 5.32 Å². The van der Waals surface area contributed by atoms with Crippen molar-refractivity contribution >= 4 is 28.9 Å². The Hall–Kier alpha value is -2.40. The first-order chi connectivity index (χ1) is 10.5. The molecular weight excluding hydrogens is 304 g/mol. The molecule has 1 fully saturated rings. The van der Waals surface area contributed by atoms with E-state index < -0.39 is 10.3 Å². The van der Waals surface area contributed by atoms with Crippen LogP contribution in [0.5, 0.6) is 0 Å². The topological polar surface area (TPSA) is 72.2 Å². The molecule has 22 heavy (non-hydrogen) atoms. The van der Waals surface area contributed by atoms with E-state index in [9.17, 15) is 14.9 Å². The van der Waals surface area contributed by atoms with E-state index in [-0.39, 0.29) is 11.6 Å². The van der Waals surface area contributed by atoms with Crippen molar-refractivity contribution in [2.24, 2.45) is 0 Å². The summed E-state index contributed by atoms with van der Waals surface area (Å²) in [5.74, 6) is -0.0938. The fraction of sp³-hybridized carbons (Fsp3) is 0.188. The maximum Gasteiger partial charge on any atom is 0.269 e. The van der Waals surface area contributed by atoms with Gasteiger partial charge in [-0.2, -0.15) is 0 Å². The monoisotopic (exact) mass is 316 g/mol. The number of nitrogens with zero attached hydrogens (tertiary/aromatic N) is 1. The van der Waals surface area contributed by atoms with E-state index in [0.29, 0.717) is 10.7 Å². The quantitative estimate of drug-likeness (QED) is 0.686. The zero-order valence-electron chi connectivity index (χ0n) is 11.6. The van der Waals surface area contributed by atoms with Crippen molar-refractivity contribution in [2.75, 3.05) is 5.32 Å². The molecule has 112 valence electrons. The number of anilines is 1. The number of hydrogen-bond donors (Lipinski definition) is 1. The van der Waals surface area contributed by atoms with Crippen LogP contribution in [0.15, 0.2) is 48.5 Å². The summed E-state index contributed by atoms with van der Waals surface area (Å²) in [6.07, 6.45) is 1.57. The molecule has 1 aliphatic carbocycles. The van der Waals surface area contributed by atoms with Gasteiger partial charge in [-0.1, -0.05) is 23.7 Å². The van der Waals surface area contributed by atoms with Gasteiger partial charge in [0.1, 0.15) is 0 Å². The zero-order chi connectivity index (χ0) is 15.7. The molecule has 0 saturated heterocycles. The van der Waals surface area contributed by atoms with Crippen LogP contribution in [0, 0.1) is 10.1 Å². The van der Waals surface area contributed by atoms with Crippen LogP contribution in [0.1, 0.15) is 18.4 Å². The number of non-ortho nitro benzene ring substituents is 1.